The minimum atomic E-state index is -3.79. The van der Waals surface area contributed by atoms with Gasteiger partial charge in [0.15, 0.2) is 0 Å². The van der Waals surface area contributed by atoms with Crippen molar-refractivity contribution in [3.63, 3.8) is 0 Å². The van der Waals surface area contributed by atoms with Gasteiger partial charge in [0.2, 0.25) is 0 Å². The lowest BCUT2D eigenvalue weighted by atomic mass is 10.2. The molecule has 6 heteroatoms. The summed E-state index contributed by atoms with van der Waals surface area (Å²) in [5, 5.41) is 11.4. The summed E-state index contributed by atoms with van der Waals surface area (Å²) in [6.45, 7) is 0. The van der Waals surface area contributed by atoms with Crippen LogP contribution in [-0.4, -0.2) is 14.4 Å². The molecule has 0 amide bonds. The molecule has 0 aliphatic heterocycles. The number of carbonyl (C=O) groups is 1. The first-order valence-corrected chi connectivity index (χ1v) is 8.15. The lowest BCUT2D eigenvalue weighted by Gasteiger charge is -2.19. The summed E-state index contributed by atoms with van der Waals surface area (Å²) in [5.41, 5.74) is 1.47. The Hall–Kier alpha value is -2.86. The third kappa shape index (κ3) is 5.80. The number of carbonyl (C=O) groups excluding carboxylic acids is 1. The van der Waals surface area contributed by atoms with Gasteiger partial charge < -0.3 is 14.6 Å². The largest absolute Gasteiger partial charge is 0.573 e. The van der Waals surface area contributed by atoms with Crippen molar-refractivity contribution in [2.24, 2.45) is 0 Å². The molecular formula is C17H13NO4S-2. The van der Waals surface area contributed by atoms with Crippen molar-refractivity contribution >= 4 is 33.8 Å². The highest BCUT2D eigenvalue weighted by Gasteiger charge is 1.95. The van der Waals surface area contributed by atoms with Crippen LogP contribution in [0, 0.1) is 0 Å². The zero-order chi connectivity index (χ0) is 16.7. The number of rotatable bonds is 6. The molecule has 0 fully saturated rings. The molecule has 0 aromatic heterocycles. The Morgan fingerprint density at radius 2 is 1.65 bits per heavy atom. The normalized spacial score (nSPS) is 11.8. The van der Waals surface area contributed by atoms with Crippen LogP contribution >= 0.6 is 0 Å². The molecule has 0 N–H and O–H groups in total. The molecule has 2 rings (SSSR count). The van der Waals surface area contributed by atoms with Crippen molar-refractivity contribution in [1.82, 2.24) is 0 Å². The Kier molecular flexibility index (Phi) is 5.32. The molecule has 2 aromatic carbocycles. The van der Waals surface area contributed by atoms with Crippen LogP contribution in [0.1, 0.15) is 11.1 Å². The number of hydrogen-bond acceptors (Lipinski definition) is 4. The van der Waals surface area contributed by atoms with Crippen LogP contribution in [0.5, 0.6) is 0 Å². The van der Waals surface area contributed by atoms with Crippen molar-refractivity contribution in [1.29, 1.82) is 0 Å². The molecule has 0 aliphatic rings. The van der Waals surface area contributed by atoms with E-state index >= 15 is 0 Å². The van der Waals surface area contributed by atoms with Gasteiger partial charge in [0, 0.05) is 5.41 Å². The summed E-state index contributed by atoms with van der Waals surface area (Å²) in [7, 11) is -3.79. The minimum Gasteiger partial charge on any atom is -0.573 e. The van der Waals surface area contributed by atoms with Crippen LogP contribution in [0.25, 0.3) is 16.9 Å². The Morgan fingerprint density at radius 3 is 2.35 bits per heavy atom. The summed E-state index contributed by atoms with van der Waals surface area (Å²) in [5.74, 6) is -1.33. The van der Waals surface area contributed by atoms with E-state index in [1.807, 2.05) is 6.07 Å². The van der Waals surface area contributed by atoms with Gasteiger partial charge in [0.05, 0.1) is 5.97 Å². The minimum absolute atomic E-state index is 0.211. The number of aliphatic carboxylic acids is 1. The Labute approximate surface area is 134 Å². The second-order valence-corrected chi connectivity index (χ2v) is 6.05. The molecule has 23 heavy (non-hydrogen) atoms. The van der Waals surface area contributed by atoms with Crippen LogP contribution in [-0.2, 0) is 14.8 Å². The fourth-order valence-electron chi connectivity index (χ4n) is 1.76. The van der Waals surface area contributed by atoms with E-state index < -0.39 is 16.0 Å². The molecule has 0 aliphatic carbocycles. The topological polar surface area (TPSA) is 88.4 Å². The van der Waals surface area contributed by atoms with Gasteiger partial charge in [0.1, 0.15) is 10.0 Å². The van der Waals surface area contributed by atoms with E-state index in [4.69, 9.17) is 0 Å². The maximum atomic E-state index is 12.0. The highest BCUT2D eigenvalue weighted by Crippen LogP contribution is 2.25. The van der Waals surface area contributed by atoms with E-state index in [1.165, 1.54) is 24.3 Å². The van der Waals surface area contributed by atoms with Crippen LogP contribution in [0.3, 0.4) is 0 Å². The van der Waals surface area contributed by atoms with E-state index in [9.17, 15) is 18.3 Å². The number of nitrogens with zero attached hydrogens (tertiary/aromatic N) is 1. The fourth-order valence-corrected chi connectivity index (χ4v) is 2.55. The fraction of sp³-hybridized carbons (Fsp3) is 0. The molecule has 118 valence electrons. The molecule has 0 radical (unpaired) electrons. The second kappa shape index (κ2) is 7.42. The van der Waals surface area contributed by atoms with Gasteiger partial charge in [0.25, 0.3) is 0 Å². The highest BCUT2D eigenvalue weighted by atomic mass is 32.2. The zero-order valence-electron chi connectivity index (χ0n) is 12.0. The van der Waals surface area contributed by atoms with E-state index in [0.717, 1.165) is 17.0 Å². The molecule has 0 saturated heterocycles. The summed E-state index contributed by atoms with van der Waals surface area (Å²) < 4.78 is 27.6. The molecule has 5 nitrogen and oxygen atoms in total. The smallest absolute Gasteiger partial charge is 0.116 e. The van der Waals surface area contributed by atoms with Gasteiger partial charge in [-0.15, -0.1) is 5.69 Å². The monoisotopic (exact) mass is 327 g/mol. The molecule has 0 atom stereocenters. The van der Waals surface area contributed by atoms with Gasteiger partial charge in [-0.05, 0) is 23.3 Å². The van der Waals surface area contributed by atoms with Crippen LogP contribution in [0.2, 0.25) is 0 Å². The van der Waals surface area contributed by atoms with Gasteiger partial charge in [-0.1, -0.05) is 60.7 Å². The Morgan fingerprint density at radius 1 is 0.957 bits per heavy atom. The predicted molar refractivity (Wildman–Crippen MR) is 87.9 cm³/mol. The summed E-state index contributed by atoms with van der Waals surface area (Å²) in [4.78, 5) is 10.4. The molecule has 0 bridgehead atoms. The molecular weight excluding hydrogens is 314 g/mol. The zero-order valence-corrected chi connectivity index (χ0v) is 12.8. The number of carboxylic acids is 1. The van der Waals surface area contributed by atoms with E-state index in [-0.39, 0.29) is 5.69 Å². The van der Waals surface area contributed by atoms with Gasteiger partial charge in [-0.3, -0.25) is 0 Å². The van der Waals surface area contributed by atoms with Crippen molar-refractivity contribution in [2.45, 2.75) is 0 Å². The van der Waals surface area contributed by atoms with Gasteiger partial charge in [-0.25, -0.2) is 8.42 Å². The standard InChI is InChI=1S/C17H14NO4S/c19-17(20)10-9-15-7-4-8-16(13-15)18-23(21,22)12-11-14-5-2-1-3-6-14/h1-13H,(H,19,20)/q-1/p-1. The predicted octanol–water partition coefficient (Wildman–Crippen LogP) is 2.46. The van der Waals surface area contributed by atoms with Gasteiger partial charge >= 0.3 is 0 Å². The third-order valence-corrected chi connectivity index (χ3v) is 3.69. The summed E-state index contributed by atoms with van der Waals surface area (Å²) >= 11 is 0. The van der Waals surface area contributed by atoms with E-state index in [1.54, 1.807) is 36.4 Å². The number of hydrogen-bond donors (Lipinski definition) is 0. The second-order valence-electron chi connectivity index (χ2n) is 4.57. The van der Waals surface area contributed by atoms with Crippen molar-refractivity contribution in [2.75, 3.05) is 0 Å². The Bertz CT molecular complexity index is 840. The SMILES string of the molecule is O=C([O-])C=Cc1cccc([N-]S(=O)(=O)C=Cc2ccccc2)c1. The number of benzene rings is 2. The maximum Gasteiger partial charge on any atom is 0.116 e. The lowest BCUT2D eigenvalue weighted by Crippen LogP contribution is -2.18. The number of carboxylic acid groups (broad SMARTS) is 1. The number of sulfonamides is 1. The Balaban J connectivity index is 2.13. The molecule has 0 unspecified atom stereocenters. The van der Waals surface area contributed by atoms with Crippen LogP contribution in [0.15, 0.2) is 66.1 Å². The molecule has 0 spiro atoms. The summed E-state index contributed by atoms with van der Waals surface area (Å²) in [6, 6.07) is 15.2. The third-order valence-electron chi connectivity index (χ3n) is 2.75. The first-order valence-electron chi connectivity index (χ1n) is 6.65. The average molecular weight is 327 g/mol. The first kappa shape index (κ1) is 16.5. The van der Waals surface area contributed by atoms with Crippen LogP contribution in [0.4, 0.5) is 5.69 Å². The molecule has 0 heterocycles. The van der Waals surface area contributed by atoms with E-state index in [0.29, 0.717) is 5.56 Å². The highest BCUT2D eigenvalue weighted by molar-refractivity contribution is 7.97. The van der Waals surface area contributed by atoms with Gasteiger partial charge in [-0.2, -0.15) is 0 Å². The quantitative estimate of drug-likeness (QED) is 0.762. The van der Waals surface area contributed by atoms with Crippen molar-refractivity contribution < 1.29 is 18.3 Å². The van der Waals surface area contributed by atoms with E-state index in [2.05, 4.69) is 4.72 Å². The average Bonchev–Trinajstić information content (AvgIpc) is 2.52. The van der Waals surface area contributed by atoms with Crippen LogP contribution < -0.4 is 5.11 Å². The van der Waals surface area contributed by atoms with Crippen molar-refractivity contribution in [3.8, 4) is 0 Å². The van der Waals surface area contributed by atoms with Crippen molar-refractivity contribution in [3.05, 3.63) is 81.9 Å². The molecule has 2 aromatic rings. The maximum absolute atomic E-state index is 12.0. The first-order chi connectivity index (χ1) is 10.9. The lowest BCUT2D eigenvalue weighted by molar-refractivity contribution is -0.297. The summed E-state index contributed by atoms with van der Waals surface area (Å²) in [6.07, 6.45) is 3.63. The molecule has 0 saturated carbocycles.